The molecule has 0 N–H and O–H groups in total. The van der Waals surface area contributed by atoms with Gasteiger partial charge in [0.15, 0.2) is 0 Å². The van der Waals surface area contributed by atoms with Crippen molar-refractivity contribution in [1.29, 1.82) is 0 Å². The molecule has 0 bridgehead atoms. The monoisotopic (exact) mass is 282 g/mol. The van der Waals surface area contributed by atoms with Gasteiger partial charge in [-0.1, -0.05) is 56.2 Å². The summed E-state index contributed by atoms with van der Waals surface area (Å²) in [5.41, 5.74) is 7.36. The van der Waals surface area contributed by atoms with Gasteiger partial charge in [-0.25, -0.2) is 0 Å². The molecule has 0 heteroatoms. The van der Waals surface area contributed by atoms with E-state index < -0.39 is 0 Å². The predicted molar refractivity (Wildman–Crippen MR) is 94.8 cm³/mol. The summed E-state index contributed by atoms with van der Waals surface area (Å²) in [4.78, 5) is 0. The fourth-order valence-electron chi connectivity index (χ4n) is 3.64. The molecule has 114 valence electrons. The third kappa shape index (κ3) is 4.09. The third-order valence-electron chi connectivity index (χ3n) is 4.71. The Morgan fingerprint density at radius 3 is 2.71 bits per heavy atom. The van der Waals surface area contributed by atoms with Crippen LogP contribution >= 0.6 is 0 Å². The Labute approximate surface area is 131 Å². The van der Waals surface area contributed by atoms with E-state index in [0.29, 0.717) is 5.92 Å². The summed E-state index contributed by atoms with van der Waals surface area (Å²) < 4.78 is 0. The lowest BCUT2D eigenvalue weighted by atomic mass is 9.81. The maximum atomic E-state index is 4.06. The van der Waals surface area contributed by atoms with Crippen LogP contribution in [0.3, 0.4) is 0 Å². The third-order valence-corrected chi connectivity index (χ3v) is 4.71. The minimum absolute atomic E-state index is 0.594. The summed E-state index contributed by atoms with van der Waals surface area (Å²) in [7, 11) is 0. The summed E-state index contributed by atoms with van der Waals surface area (Å²) in [5.74, 6) is 0.594. The molecule has 1 atom stereocenters. The van der Waals surface area contributed by atoms with Crippen molar-refractivity contribution in [3.63, 3.8) is 0 Å². The number of rotatable bonds is 6. The van der Waals surface area contributed by atoms with E-state index in [1.807, 2.05) is 0 Å². The van der Waals surface area contributed by atoms with Gasteiger partial charge in [0.1, 0.15) is 0 Å². The zero-order valence-electron chi connectivity index (χ0n) is 14.0. The molecule has 0 heterocycles. The van der Waals surface area contributed by atoms with Gasteiger partial charge in [-0.15, -0.1) is 0 Å². The highest BCUT2D eigenvalue weighted by molar-refractivity contribution is 5.58. The summed E-state index contributed by atoms with van der Waals surface area (Å²) in [6.07, 6.45) is 13.5. The number of allylic oxidation sites excluding steroid dienone is 2. The molecular formula is C21H30. The van der Waals surface area contributed by atoms with E-state index in [4.69, 9.17) is 0 Å². The Morgan fingerprint density at radius 2 is 2.05 bits per heavy atom. The van der Waals surface area contributed by atoms with E-state index in [0.717, 1.165) is 0 Å². The van der Waals surface area contributed by atoms with E-state index >= 15 is 0 Å². The van der Waals surface area contributed by atoms with Crippen LogP contribution in [0.1, 0.15) is 80.5 Å². The average Bonchev–Trinajstić information content (AvgIpc) is 2.46. The molecule has 21 heavy (non-hydrogen) atoms. The first kappa shape index (κ1) is 16.1. The van der Waals surface area contributed by atoms with Crippen molar-refractivity contribution in [2.45, 2.75) is 71.6 Å². The minimum Gasteiger partial charge on any atom is -0.0985 e. The summed E-state index contributed by atoms with van der Waals surface area (Å²) in [5, 5.41) is 0. The second kappa shape index (κ2) is 7.64. The molecule has 0 radical (unpaired) electrons. The Balaban J connectivity index is 2.29. The first-order valence-corrected chi connectivity index (χ1v) is 8.58. The second-order valence-corrected chi connectivity index (χ2v) is 6.59. The van der Waals surface area contributed by atoms with Crippen LogP contribution in [-0.2, 0) is 6.42 Å². The molecule has 1 aromatic carbocycles. The normalized spacial score (nSPS) is 18.4. The van der Waals surface area contributed by atoms with E-state index in [1.165, 1.54) is 67.2 Å². The van der Waals surface area contributed by atoms with Crippen molar-refractivity contribution < 1.29 is 0 Å². The van der Waals surface area contributed by atoms with Gasteiger partial charge >= 0.3 is 0 Å². The Morgan fingerprint density at radius 1 is 1.24 bits per heavy atom. The van der Waals surface area contributed by atoms with E-state index in [9.17, 15) is 0 Å². The topological polar surface area (TPSA) is 0 Å². The Kier molecular flexibility index (Phi) is 5.85. The molecule has 0 saturated heterocycles. The van der Waals surface area contributed by atoms with Gasteiger partial charge in [-0.2, -0.15) is 0 Å². The van der Waals surface area contributed by atoms with Gasteiger partial charge < -0.3 is 0 Å². The molecule has 0 aliphatic heterocycles. The number of aryl methyl sites for hydroxylation is 2. The number of unbranched alkanes of at least 4 members (excludes halogenated alkanes) is 2. The fourth-order valence-corrected chi connectivity index (χ4v) is 3.64. The molecule has 0 fully saturated rings. The number of hydrogen-bond donors (Lipinski definition) is 0. The van der Waals surface area contributed by atoms with Crippen LogP contribution in [0, 0.1) is 6.92 Å². The van der Waals surface area contributed by atoms with Crippen LogP contribution < -0.4 is 0 Å². The zero-order valence-corrected chi connectivity index (χ0v) is 14.0. The van der Waals surface area contributed by atoms with Crippen LogP contribution in [0.25, 0.3) is 6.08 Å². The van der Waals surface area contributed by atoms with Gasteiger partial charge in [0, 0.05) is 5.92 Å². The standard InChI is InChI=1S/C21H30/c1-5-7-8-11-18-14-17(4)21(19(6-2)15-18)20-12-9-10-16(3)13-20/h6,13-15,20H,2,5,7-12H2,1,3-4H3. The van der Waals surface area contributed by atoms with Crippen molar-refractivity contribution in [2.24, 2.45) is 0 Å². The second-order valence-electron chi connectivity index (χ2n) is 6.59. The van der Waals surface area contributed by atoms with Crippen molar-refractivity contribution in [1.82, 2.24) is 0 Å². The highest BCUT2D eigenvalue weighted by Gasteiger charge is 2.18. The van der Waals surface area contributed by atoms with Gasteiger partial charge in [0.25, 0.3) is 0 Å². The molecule has 0 aromatic heterocycles. The van der Waals surface area contributed by atoms with Crippen molar-refractivity contribution >= 4 is 6.08 Å². The molecule has 1 unspecified atom stereocenters. The lowest BCUT2D eigenvalue weighted by molar-refractivity contribution is 0.630. The summed E-state index contributed by atoms with van der Waals surface area (Å²) in [6.45, 7) is 10.9. The molecule has 0 nitrogen and oxygen atoms in total. The van der Waals surface area contributed by atoms with Crippen molar-refractivity contribution in [3.05, 3.63) is 52.6 Å². The maximum absolute atomic E-state index is 4.06. The highest BCUT2D eigenvalue weighted by atomic mass is 14.2. The molecule has 0 saturated carbocycles. The lowest BCUT2D eigenvalue weighted by Crippen LogP contribution is -2.07. The smallest absolute Gasteiger partial charge is 0.00292 e. The van der Waals surface area contributed by atoms with Gasteiger partial charge in [0.05, 0.1) is 0 Å². The van der Waals surface area contributed by atoms with E-state index in [1.54, 1.807) is 5.57 Å². The summed E-state index contributed by atoms with van der Waals surface area (Å²) >= 11 is 0. The fraction of sp³-hybridized carbons (Fsp3) is 0.524. The SMILES string of the molecule is C=Cc1cc(CCCCC)cc(C)c1C1C=C(C)CCC1. The van der Waals surface area contributed by atoms with Gasteiger partial charge in [0.2, 0.25) is 0 Å². The van der Waals surface area contributed by atoms with Crippen LogP contribution in [0.15, 0.2) is 30.4 Å². The average molecular weight is 282 g/mol. The Bertz CT molecular complexity index is 519. The lowest BCUT2D eigenvalue weighted by Gasteiger charge is -2.24. The first-order valence-electron chi connectivity index (χ1n) is 8.58. The molecule has 0 spiro atoms. The highest BCUT2D eigenvalue weighted by Crippen LogP contribution is 2.36. The van der Waals surface area contributed by atoms with Gasteiger partial charge in [-0.3, -0.25) is 0 Å². The van der Waals surface area contributed by atoms with Gasteiger partial charge in [-0.05, 0) is 68.2 Å². The zero-order chi connectivity index (χ0) is 15.2. The predicted octanol–water partition coefficient (Wildman–Crippen LogP) is 6.58. The largest absolute Gasteiger partial charge is 0.0985 e. The number of benzene rings is 1. The molecule has 0 amide bonds. The minimum atomic E-state index is 0.594. The molecular weight excluding hydrogens is 252 g/mol. The molecule has 1 aliphatic rings. The Hall–Kier alpha value is -1.30. The summed E-state index contributed by atoms with van der Waals surface area (Å²) in [6, 6.07) is 4.79. The van der Waals surface area contributed by atoms with E-state index in [-0.39, 0.29) is 0 Å². The van der Waals surface area contributed by atoms with Crippen LogP contribution in [0.4, 0.5) is 0 Å². The molecule has 2 rings (SSSR count). The van der Waals surface area contributed by atoms with E-state index in [2.05, 4.69) is 51.6 Å². The molecule has 1 aliphatic carbocycles. The van der Waals surface area contributed by atoms with Crippen molar-refractivity contribution in [2.75, 3.05) is 0 Å². The first-order chi connectivity index (χ1) is 10.2. The quantitative estimate of drug-likeness (QED) is 0.408. The van der Waals surface area contributed by atoms with Crippen LogP contribution in [0.5, 0.6) is 0 Å². The molecule has 1 aromatic rings. The number of hydrogen-bond acceptors (Lipinski definition) is 0. The van der Waals surface area contributed by atoms with Crippen LogP contribution in [0.2, 0.25) is 0 Å². The maximum Gasteiger partial charge on any atom is 0.00292 e. The van der Waals surface area contributed by atoms with Crippen LogP contribution in [-0.4, -0.2) is 0 Å². The van der Waals surface area contributed by atoms with Crippen molar-refractivity contribution in [3.8, 4) is 0 Å².